The van der Waals surface area contributed by atoms with Crippen LogP contribution in [0.2, 0.25) is 0 Å². The fourth-order valence-electron chi connectivity index (χ4n) is 1.48. The molecule has 1 amide bonds. The summed E-state index contributed by atoms with van der Waals surface area (Å²) in [6, 6.07) is -0.634. The number of thiazole rings is 1. The van der Waals surface area contributed by atoms with Gasteiger partial charge in [-0.3, -0.25) is 4.79 Å². The first kappa shape index (κ1) is 15.9. The molecule has 0 bridgehead atoms. The topological polar surface area (TPSA) is 68.3 Å². The summed E-state index contributed by atoms with van der Waals surface area (Å²) in [5, 5.41) is 5.16. The van der Waals surface area contributed by atoms with Crippen molar-refractivity contribution in [2.75, 3.05) is 7.11 Å². The first-order valence-electron chi connectivity index (χ1n) is 5.84. The van der Waals surface area contributed by atoms with E-state index in [1.54, 1.807) is 0 Å². The third-order valence-electron chi connectivity index (χ3n) is 2.49. The van der Waals surface area contributed by atoms with Gasteiger partial charge < -0.3 is 10.1 Å². The molecular weight excluding hydrogens is 288 g/mol. The Morgan fingerprint density at radius 2 is 2.21 bits per heavy atom. The molecule has 1 rings (SSSR count). The predicted octanol–water partition coefficient (Wildman–Crippen LogP) is 1.74. The number of methoxy groups -OCH3 is 1. The van der Waals surface area contributed by atoms with Crippen molar-refractivity contribution in [2.45, 2.75) is 32.2 Å². The van der Waals surface area contributed by atoms with E-state index >= 15 is 0 Å². The number of rotatable bonds is 6. The van der Waals surface area contributed by atoms with Crippen molar-refractivity contribution >= 4 is 34.8 Å². The van der Waals surface area contributed by atoms with Crippen LogP contribution < -0.4 is 5.32 Å². The van der Waals surface area contributed by atoms with Crippen molar-refractivity contribution in [3.8, 4) is 0 Å². The Bertz CT molecular complexity index is 448. The lowest BCUT2D eigenvalue weighted by atomic mass is 10.0. The Kier molecular flexibility index (Phi) is 6.24. The number of ether oxygens (including phenoxy) is 1. The second kappa shape index (κ2) is 7.45. The van der Waals surface area contributed by atoms with Gasteiger partial charge in [0.1, 0.15) is 11.0 Å². The Morgan fingerprint density at radius 3 is 2.68 bits per heavy atom. The molecular formula is C12H17ClN2O3S. The summed E-state index contributed by atoms with van der Waals surface area (Å²) < 4.78 is 4.66. The van der Waals surface area contributed by atoms with Crippen molar-refractivity contribution in [2.24, 2.45) is 5.92 Å². The normalized spacial score (nSPS) is 12.3. The van der Waals surface area contributed by atoms with Gasteiger partial charge in [0.05, 0.1) is 25.1 Å². The molecule has 0 radical (unpaired) electrons. The Balaban J connectivity index is 2.60. The van der Waals surface area contributed by atoms with Gasteiger partial charge in [-0.05, 0) is 5.92 Å². The Hall–Kier alpha value is -1.14. The van der Waals surface area contributed by atoms with Crippen molar-refractivity contribution in [3.63, 3.8) is 0 Å². The fourth-order valence-corrected chi connectivity index (χ4v) is 2.50. The molecule has 0 fully saturated rings. The molecule has 1 unspecified atom stereocenters. The number of aromatic nitrogens is 1. The minimum Gasteiger partial charge on any atom is -0.467 e. The van der Waals surface area contributed by atoms with Crippen LogP contribution in [-0.4, -0.2) is 30.0 Å². The molecule has 19 heavy (non-hydrogen) atoms. The van der Waals surface area contributed by atoms with Crippen LogP contribution in [0.4, 0.5) is 0 Å². The number of carbonyl (C=O) groups is 2. The fraction of sp³-hybridized carbons (Fsp3) is 0.583. The monoisotopic (exact) mass is 304 g/mol. The molecule has 0 spiro atoms. The van der Waals surface area contributed by atoms with E-state index in [1.807, 2.05) is 19.2 Å². The standard InChI is InChI=1S/C12H17ClN2O3S/c1-7(2)11(12(17)18-3)15-9(16)4-10-14-8(5-13)6-19-10/h6-7,11H,4-5H2,1-3H3,(H,15,16). The maximum absolute atomic E-state index is 11.9. The molecule has 5 nitrogen and oxygen atoms in total. The molecule has 0 saturated heterocycles. The van der Waals surface area contributed by atoms with Gasteiger partial charge in [-0.1, -0.05) is 13.8 Å². The van der Waals surface area contributed by atoms with Crippen LogP contribution in [0.1, 0.15) is 24.5 Å². The molecule has 1 aromatic heterocycles. The second-order valence-electron chi connectivity index (χ2n) is 4.36. The van der Waals surface area contributed by atoms with Crippen LogP contribution in [0.15, 0.2) is 5.38 Å². The number of esters is 1. The number of hydrogen-bond acceptors (Lipinski definition) is 5. The molecule has 0 aliphatic carbocycles. The second-order valence-corrected chi connectivity index (χ2v) is 5.57. The summed E-state index contributed by atoms with van der Waals surface area (Å²) >= 11 is 7.02. The zero-order valence-corrected chi connectivity index (χ0v) is 12.7. The SMILES string of the molecule is COC(=O)C(NC(=O)Cc1nc(CCl)cs1)C(C)C. The highest BCUT2D eigenvalue weighted by Gasteiger charge is 2.25. The highest BCUT2D eigenvalue weighted by Crippen LogP contribution is 2.12. The highest BCUT2D eigenvalue weighted by atomic mass is 35.5. The maximum Gasteiger partial charge on any atom is 0.328 e. The number of halogens is 1. The highest BCUT2D eigenvalue weighted by molar-refractivity contribution is 7.09. The maximum atomic E-state index is 11.9. The number of amides is 1. The summed E-state index contributed by atoms with van der Waals surface area (Å²) in [5.74, 6) is -0.399. The van der Waals surface area contributed by atoms with E-state index in [-0.39, 0.29) is 18.2 Å². The van der Waals surface area contributed by atoms with E-state index in [4.69, 9.17) is 11.6 Å². The molecule has 106 valence electrons. The number of nitrogens with zero attached hydrogens (tertiary/aromatic N) is 1. The lowest BCUT2D eigenvalue weighted by Gasteiger charge is -2.19. The number of hydrogen-bond donors (Lipinski definition) is 1. The molecule has 1 atom stereocenters. The van der Waals surface area contributed by atoms with Gasteiger partial charge in [0.25, 0.3) is 0 Å². The lowest BCUT2D eigenvalue weighted by molar-refractivity contribution is -0.146. The average Bonchev–Trinajstić information content (AvgIpc) is 2.82. The van der Waals surface area contributed by atoms with Gasteiger partial charge in [0.2, 0.25) is 5.91 Å². The molecule has 1 N–H and O–H groups in total. The van der Waals surface area contributed by atoms with Crippen molar-refractivity contribution in [1.29, 1.82) is 0 Å². The zero-order chi connectivity index (χ0) is 14.4. The van der Waals surface area contributed by atoms with E-state index < -0.39 is 12.0 Å². The Morgan fingerprint density at radius 1 is 1.53 bits per heavy atom. The van der Waals surface area contributed by atoms with E-state index in [0.29, 0.717) is 10.9 Å². The smallest absolute Gasteiger partial charge is 0.328 e. The van der Waals surface area contributed by atoms with Crippen molar-refractivity contribution < 1.29 is 14.3 Å². The minimum atomic E-state index is -0.634. The number of nitrogens with one attached hydrogen (secondary N) is 1. The van der Waals surface area contributed by atoms with E-state index in [9.17, 15) is 9.59 Å². The zero-order valence-electron chi connectivity index (χ0n) is 11.1. The molecule has 7 heteroatoms. The third-order valence-corrected chi connectivity index (χ3v) is 3.66. The number of alkyl halides is 1. The minimum absolute atomic E-state index is 0.0360. The van der Waals surface area contributed by atoms with E-state index in [2.05, 4.69) is 15.0 Å². The summed E-state index contributed by atoms with van der Waals surface area (Å²) in [7, 11) is 1.30. The third kappa shape index (κ3) is 4.80. The van der Waals surface area contributed by atoms with Gasteiger partial charge in [0.15, 0.2) is 0 Å². The van der Waals surface area contributed by atoms with E-state index in [0.717, 1.165) is 5.69 Å². The van der Waals surface area contributed by atoms with Crippen molar-refractivity contribution in [3.05, 3.63) is 16.1 Å². The van der Waals surface area contributed by atoms with Gasteiger partial charge >= 0.3 is 5.97 Å². The van der Waals surface area contributed by atoms with Gasteiger partial charge in [-0.15, -0.1) is 22.9 Å². The van der Waals surface area contributed by atoms with Crippen LogP contribution >= 0.6 is 22.9 Å². The average molecular weight is 305 g/mol. The predicted molar refractivity (Wildman–Crippen MR) is 74.2 cm³/mol. The molecule has 0 aliphatic heterocycles. The molecule has 0 aliphatic rings. The summed E-state index contributed by atoms with van der Waals surface area (Å²) in [6.45, 7) is 3.69. The lowest BCUT2D eigenvalue weighted by Crippen LogP contribution is -2.45. The van der Waals surface area contributed by atoms with Crippen LogP contribution in [0.3, 0.4) is 0 Å². The molecule has 1 aromatic rings. The van der Waals surface area contributed by atoms with Gasteiger partial charge in [-0.25, -0.2) is 9.78 Å². The number of carbonyl (C=O) groups excluding carboxylic acids is 2. The molecule has 1 heterocycles. The largest absolute Gasteiger partial charge is 0.467 e. The van der Waals surface area contributed by atoms with Crippen LogP contribution in [0, 0.1) is 5.92 Å². The summed E-state index contributed by atoms with van der Waals surface area (Å²) in [4.78, 5) is 27.6. The van der Waals surface area contributed by atoms with Crippen molar-refractivity contribution in [1.82, 2.24) is 10.3 Å². The van der Waals surface area contributed by atoms with E-state index in [1.165, 1.54) is 18.4 Å². The first-order valence-corrected chi connectivity index (χ1v) is 7.25. The van der Waals surface area contributed by atoms with Crippen LogP contribution in [0.5, 0.6) is 0 Å². The van der Waals surface area contributed by atoms with Gasteiger partial charge in [0, 0.05) is 5.38 Å². The molecule has 0 aromatic carbocycles. The first-order chi connectivity index (χ1) is 8.97. The van der Waals surface area contributed by atoms with Gasteiger partial charge in [-0.2, -0.15) is 0 Å². The summed E-state index contributed by atoms with van der Waals surface area (Å²) in [6.07, 6.45) is 0.141. The Labute approximate surface area is 121 Å². The summed E-state index contributed by atoms with van der Waals surface area (Å²) in [5.41, 5.74) is 0.753. The quantitative estimate of drug-likeness (QED) is 0.642. The molecule has 0 saturated carbocycles. The van der Waals surface area contributed by atoms with Crippen LogP contribution in [-0.2, 0) is 26.6 Å². The van der Waals surface area contributed by atoms with Crippen LogP contribution in [0.25, 0.3) is 0 Å².